The highest BCUT2D eigenvalue weighted by Crippen LogP contribution is 2.37. The number of halogens is 9. The molecule has 0 radical (unpaired) electrons. The molecule has 6 rings (SSSR count). The molecule has 2 atom stereocenters. The number of sulfone groups is 1. The lowest BCUT2D eigenvalue weighted by molar-refractivity contribution is -0.193. The number of carbonyl (C=O) groups is 6. The van der Waals surface area contributed by atoms with Crippen molar-refractivity contribution in [2.45, 2.75) is 54.2 Å². The van der Waals surface area contributed by atoms with E-state index < -0.39 is 155 Å². The number of aromatic nitrogens is 5. The Morgan fingerprint density at radius 1 is 0.687 bits per heavy atom. The molecule has 3 aromatic carbocycles. The van der Waals surface area contributed by atoms with Gasteiger partial charge in [0.15, 0.2) is 21.0 Å². The van der Waals surface area contributed by atoms with E-state index in [9.17, 15) is 94.2 Å². The quantitative estimate of drug-likeness (QED) is 0.0141. The van der Waals surface area contributed by atoms with E-state index in [1.807, 2.05) is 5.32 Å². The fourth-order valence-electron chi connectivity index (χ4n) is 6.07. The monoisotopic (exact) mass is 1550 g/mol. The lowest BCUT2D eigenvalue weighted by Gasteiger charge is -2.14. The first-order valence-corrected chi connectivity index (χ1v) is 35.5. The van der Waals surface area contributed by atoms with Gasteiger partial charge in [0.25, 0.3) is 20.0 Å². The van der Waals surface area contributed by atoms with Crippen molar-refractivity contribution in [2.75, 3.05) is 62.2 Å². The number of hydrogen-bond acceptors (Lipinski definition) is 26. The molecule has 0 fully saturated rings. The highest BCUT2D eigenvalue weighted by atomic mass is 35.5. The van der Waals surface area contributed by atoms with E-state index >= 15 is 0 Å². The first kappa shape index (κ1) is 85.9. The number of pyridine rings is 1. The van der Waals surface area contributed by atoms with Gasteiger partial charge in [-0.25, -0.2) is 55.2 Å². The SMILES string of the molecule is CCS(=O)(=O)c1cccnc1S(=O)(=O)NC(=O)Nc1nc(OC)cc(OC)n1.C[C@H](OC(=O)c1cc(Oc2ccc(C(F)(F)F)cc2Cl)ccc1Cl)C(=O)O.C[S+](C)C.O=C(Nc1nc(OC(F)F)cc(OC(F)F)n1)NS(=O)(=O)c1ccccc1C(=O)O.O=C(O)CNCP(=O)([O-])O. The number of carboxylic acid groups (broad SMARTS) is 3. The maximum Gasteiger partial charge on any atom is 0.416 e. The lowest BCUT2D eigenvalue weighted by atomic mass is 10.2. The van der Waals surface area contributed by atoms with Gasteiger partial charge in [-0.2, -0.15) is 59.1 Å². The number of rotatable bonds is 24. The van der Waals surface area contributed by atoms with Gasteiger partial charge in [-0.05, 0) is 78.5 Å². The number of nitrogens with one attached hydrogen (secondary N) is 5. The summed E-state index contributed by atoms with van der Waals surface area (Å²) >= 11 is 11.7. The third kappa shape index (κ3) is 31.0. The number of nitrogens with zero attached hydrogens (tertiary/aromatic N) is 5. The Hall–Kier alpha value is -9.21. The van der Waals surface area contributed by atoms with Crippen molar-refractivity contribution in [3.8, 4) is 35.0 Å². The highest BCUT2D eigenvalue weighted by molar-refractivity contribution is 7.94. The molecule has 0 saturated heterocycles. The molecule has 0 aliphatic rings. The molecule has 0 aliphatic heterocycles. The molecule has 9 N–H and O–H groups in total. The lowest BCUT2D eigenvalue weighted by Crippen LogP contribution is -2.36. The van der Waals surface area contributed by atoms with Gasteiger partial charge in [-0.1, -0.05) is 42.3 Å². The number of aliphatic carboxylic acids is 2. The number of ether oxygens (including phenoxy) is 6. The van der Waals surface area contributed by atoms with Crippen molar-refractivity contribution in [2.24, 2.45) is 0 Å². The standard InChI is InChI=1S/C17H11Cl2F3O5.C14H10F4N4O7S.C14H17N5O7S2.C3H8NO5P.C3H9S/c1-8(15(23)24)26-16(25)11-7-10(3-4-12(11)18)27-14-5-2-9(6-13(14)19)17(20,21)22;15-11(16)28-8-5-9(29-12(17)18)20-13(19-8)21-14(25)22-30(26,27)7-4-2-1-3-6(7)10(23)24;1-4-27(21,22)9-6-5-7-15-12(9)28(23,24)19-14(20)18-13-16-10(25-2)8-11(17-13)26-3;5-3(6)1-4-2-10(7,8)9;1-4(2)3/h2-8H,1H3,(H,23,24);1-5,11-12H,(H,23,24)(H2,19,20,21,22,25);5-8H,4H2,1-3H3,(H2,16,17,18,19,20);4H,1-2H2,(H,5,6)(H2,7,8,9);1-3H3/q;;;;+1/p-1/t8-;;;;/m0..../s1. The summed E-state index contributed by atoms with van der Waals surface area (Å²) in [5.41, 5.74) is -1.76. The molecule has 0 bridgehead atoms. The zero-order chi connectivity index (χ0) is 75.6. The summed E-state index contributed by atoms with van der Waals surface area (Å²) in [7, 11) is -14.3. The fraction of sp³-hybridized carbons (Fsp3) is 0.275. The zero-order valence-electron chi connectivity index (χ0n) is 51.2. The molecule has 34 nitrogen and oxygen atoms in total. The predicted octanol–water partition coefficient (Wildman–Crippen LogP) is 6.17. The van der Waals surface area contributed by atoms with Crippen LogP contribution >= 0.6 is 30.8 Å². The zero-order valence-corrected chi connectivity index (χ0v) is 56.9. The Bertz CT molecular complexity index is 4180. The van der Waals surface area contributed by atoms with Crippen molar-refractivity contribution < 1.29 is 143 Å². The number of amides is 4. The maximum absolute atomic E-state index is 12.7. The largest absolute Gasteiger partial charge is 0.778 e. The molecule has 4 amide bonds. The summed E-state index contributed by atoms with van der Waals surface area (Å²) in [5.74, 6) is -8.53. The van der Waals surface area contributed by atoms with Gasteiger partial charge in [0, 0.05) is 6.20 Å². The molecule has 0 spiro atoms. The van der Waals surface area contributed by atoms with Crippen LogP contribution < -0.4 is 54.0 Å². The molecule has 3 heterocycles. The minimum Gasteiger partial charge on any atom is -0.778 e. The number of esters is 1. The van der Waals surface area contributed by atoms with Gasteiger partial charge < -0.3 is 58.1 Å². The minimum atomic E-state index is -4.71. The van der Waals surface area contributed by atoms with E-state index in [4.69, 9.17) is 62.4 Å². The summed E-state index contributed by atoms with van der Waals surface area (Å²) in [6, 6.07) is 12.0. The third-order valence-corrected chi connectivity index (χ3v) is 15.9. The number of urea groups is 2. The number of sulfonamides is 2. The molecule has 6 aromatic rings. The number of alkyl halides is 7. The van der Waals surface area contributed by atoms with Crippen LogP contribution in [0.15, 0.2) is 106 Å². The number of anilines is 2. The Labute approximate surface area is 568 Å². The van der Waals surface area contributed by atoms with Crippen LogP contribution in [0.2, 0.25) is 10.0 Å². The van der Waals surface area contributed by atoms with E-state index in [1.165, 1.54) is 62.3 Å². The molecule has 0 saturated carbocycles. The molecular formula is C51H54Cl2F7N10O24PS4. The number of aromatic carboxylic acids is 1. The third-order valence-electron chi connectivity index (χ3n) is 10.1. The van der Waals surface area contributed by atoms with Crippen LogP contribution in [0, 0.1) is 0 Å². The highest BCUT2D eigenvalue weighted by Gasteiger charge is 2.32. The number of carbonyl (C=O) groups excluding carboxylic acids is 3. The maximum atomic E-state index is 12.7. The van der Waals surface area contributed by atoms with Crippen molar-refractivity contribution in [1.82, 2.24) is 39.7 Å². The van der Waals surface area contributed by atoms with Gasteiger partial charge in [0.1, 0.15) is 28.9 Å². The minimum absolute atomic E-state index is 0.0246. The summed E-state index contributed by atoms with van der Waals surface area (Å²) < 4.78 is 202. The van der Waals surface area contributed by atoms with E-state index in [0.717, 1.165) is 49.5 Å². The first-order chi connectivity index (χ1) is 45.7. The van der Waals surface area contributed by atoms with Gasteiger partial charge in [0.05, 0.1) is 90.4 Å². The van der Waals surface area contributed by atoms with Crippen molar-refractivity contribution in [3.05, 3.63) is 118 Å². The second kappa shape index (κ2) is 38.8. The molecule has 3 aromatic heterocycles. The molecule has 1 unspecified atom stereocenters. The molecule has 544 valence electrons. The number of carboxylic acids is 3. The Morgan fingerprint density at radius 2 is 1.18 bits per heavy atom. The van der Waals surface area contributed by atoms with E-state index in [0.29, 0.717) is 23.0 Å². The van der Waals surface area contributed by atoms with Crippen LogP contribution in [0.5, 0.6) is 35.0 Å². The smallest absolute Gasteiger partial charge is 0.416 e. The average molecular weight is 1550 g/mol. The molecular weight excluding hydrogens is 1500 g/mol. The summed E-state index contributed by atoms with van der Waals surface area (Å²) in [4.78, 5) is 102. The number of methoxy groups -OCH3 is 2. The van der Waals surface area contributed by atoms with E-state index in [1.54, 1.807) is 10.0 Å². The summed E-state index contributed by atoms with van der Waals surface area (Å²) in [6.45, 7) is -4.78. The Kier molecular flexibility index (Phi) is 33.7. The molecule has 0 aliphatic carbocycles. The van der Waals surface area contributed by atoms with Crippen LogP contribution in [-0.2, 0) is 65.8 Å². The number of hydrogen-bond donors (Lipinski definition) is 9. The van der Waals surface area contributed by atoms with Gasteiger partial charge in [-0.15, -0.1) is 0 Å². The summed E-state index contributed by atoms with van der Waals surface area (Å²) in [5, 5.41) is 30.5. The van der Waals surface area contributed by atoms with Crippen LogP contribution in [0.3, 0.4) is 0 Å². The van der Waals surface area contributed by atoms with E-state index in [-0.39, 0.29) is 50.6 Å². The van der Waals surface area contributed by atoms with Crippen LogP contribution in [0.4, 0.5) is 52.2 Å². The molecule has 99 heavy (non-hydrogen) atoms. The first-order valence-electron chi connectivity index (χ1n) is 25.9. The second-order valence-electron chi connectivity index (χ2n) is 18.1. The topological polar surface area (TPSA) is 506 Å². The fourth-order valence-corrected chi connectivity index (χ4v) is 10.5. The van der Waals surface area contributed by atoms with E-state index in [2.05, 4.69) is 58.5 Å². The second-order valence-corrected chi connectivity index (χ2v) is 28.5. The van der Waals surface area contributed by atoms with Crippen LogP contribution in [0.25, 0.3) is 0 Å². The van der Waals surface area contributed by atoms with Gasteiger partial charge >= 0.3 is 55.3 Å². The van der Waals surface area contributed by atoms with Crippen LogP contribution in [0.1, 0.15) is 40.1 Å². The van der Waals surface area contributed by atoms with Gasteiger partial charge in [0.2, 0.25) is 35.4 Å². The summed E-state index contributed by atoms with van der Waals surface area (Å²) in [6.07, 6.45) is 1.01. The average Bonchev–Trinajstić information content (AvgIpc) is 0.799. The normalized spacial score (nSPS) is 12.1. The van der Waals surface area contributed by atoms with Crippen molar-refractivity contribution >= 4 is 119 Å². The Balaban J connectivity index is 0.000000460. The van der Waals surface area contributed by atoms with Gasteiger partial charge in [-0.3, -0.25) is 20.7 Å². The van der Waals surface area contributed by atoms with Crippen LogP contribution in [-0.4, -0.2) is 177 Å². The van der Waals surface area contributed by atoms with Crippen molar-refractivity contribution in [3.63, 3.8) is 0 Å². The number of benzene rings is 3. The van der Waals surface area contributed by atoms with Crippen molar-refractivity contribution in [1.29, 1.82) is 0 Å². The Morgan fingerprint density at radius 3 is 1.64 bits per heavy atom. The molecule has 48 heteroatoms. The predicted molar refractivity (Wildman–Crippen MR) is 330 cm³/mol.